The summed E-state index contributed by atoms with van der Waals surface area (Å²) in [5.41, 5.74) is 4.62. The van der Waals surface area contributed by atoms with Gasteiger partial charge in [-0.15, -0.1) is 0 Å². The number of anilines is 2. The Labute approximate surface area is 172 Å². The van der Waals surface area contributed by atoms with Crippen molar-refractivity contribution in [2.24, 2.45) is 5.92 Å². The van der Waals surface area contributed by atoms with Crippen molar-refractivity contribution >= 4 is 23.2 Å². The van der Waals surface area contributed by atoms with Gasteiger partial charge in [0.1, 0.15) is 0 Å². The maximum Gasteiger partial charge on any atom is 0.228 e. The molecule has 29 heavy (non-hydrogen) atoms. The van der Waals surface area contributed by atoms with Crippen molar-refractivity contribution in [2.75, 3.05) is 42.5 Å². The number of rotatable bonds is 4. The van der Waals surface area contributed by atoms with Gasteiger partial charge in [-0.1, -0.05) is 43.3 Å². The van der Waals surface area contributed by atoms with Gasteiger partial charge in [0.2, 0.25) is 11.8 Å². The van der Waals surface area contributed by atoms with Gasteiger partial charge in [-0.2, -0.15) is 0 Å². The Morgan fingerprint density at radius 2 is 1.62 bits per heavy atom. The van der Waals surface area contributed by atoms with Gasteiger partial charge in [-0.25, -0.2) is 0 Å². The number of aryl methyl sites for hydroxylation is 2. The zero-order valence-electron chi connectivity index (χ0n) is 17.3. The monoisotopic (exact) mass is 391 g/mol. The van der Waals surface area contributed by atoms with Crippen LogP contribution in [0.5, 0.6) is 0 Å². The summed E-state index contributed by atoms with van der Waals surface area (Å²) >= 11 is 0. The van der Waals surface area contributed by atoms with E-state index in [1.165, 1.54) is 11.3 Å². The van der Waals surface area contributed by atoms with Crippen LogP contribution in [0.1, 0.15) is 24.5 Å². The molecule has 0 unspecified atom stereocenters. The van der Waals surface area contributed by atoms with E-state index in [1.54, 1.807) is 0 Å². The zero-order chi connectivity index (χ0) is 20.4. The summed E-state index contributed by atoms with van der Waals surface area (Å²) in [4.78, 5) is 31.9. The SMILES string of the molecule is CCc1ccccc1N1C[C@H](C(=O)N2CCN(c3ccccc3C)CC2)CC1=O. The van der Waals surface area contributed by atoms with Gasteiger partial charge in [0.15, 0.2) is 0 Å². The van der Waals surface area contributed by atoms with Crippen molar-refractivity contribution < 1.29 is 9.59 Å². The summed E-state index contributed by atoms with van der Waals surface area (Å²) in [6.07, 6.45) is 1.19. The first kappa shape index (κ1) is 19.5. The van der Waals surface area contributed by atoms with Crippen LogP contribution in [0.2, 0.25) is 0 Å². The molecule has 2 saturated heterocycles. The second kappa shape index (κ2) is 8.27. The molecule has 2 fully saturated rings. The van der Waals surface area contributed by atoms with E-state index in [0.717, 1.165) is 30.8 Å². The van der Waals surface area contributed by atoms with Gasteiger partial charge in [0, 0.05) is 50.5 Å². The lowest BCUT2D eigenvalue weighted by molar-refractivity contribution is -0.136. The number of carbonyl (C=O) groups excluding carboxylic acids is 2. The predicted octanol–water partition coefficient (Wildman–Crippen LogP) is 3.26. The van der Waals surface area contributed by atoms with Crippen LogP contribution in [0.15, 0.2) is 48.5 Å². The Morgan fingerprint density at radius 3 is 2.31 bits per heavy atom. The van der Waals surface area contributed by atoms with Crippen molar-refractivity contribution in [1.29, 1.82) is 0 Å². The number of piperazine rings is 1. The number of carbonyl (C=O) groups is 2. The molecule has 5 heteroatoms. The van der Waals surface area contributed by atoms with E-state index in [2.05, 4.69) is 49.1 Å². The second-order valence-electron chi connectivity index (χ2n) is 7.99. The largest absolute Gasteiger partial charge is 0.368 e. The maximum atomic E-state index is 13.1. The molecule has 0 aliphatic carbocycles. The van der Waals surface area contributed by atoms with Crippen molar-refractivity contribution in [1.82, 2.24) is 4.90 Å². The quantitative estimate of drug-likeness (QED) is 0.804. The molecule has 0 radical (unpaired) electrons. The summed E-state index contributed by atoms with van der Waals surface area (Å²) < 4.78 is 0. The number of amides is 2. The van der Waals surface area contributed by atoms with Crippen LogP contribution in [-0.2, 0) is 16.0 Å². The van der Waals surface area contributed by atoms with Crippen LogP contribution in [0, 0.1) is 12.8 Å². The van der Waals surface area contributed by atoms with Gasteiger partial charge < -0.3 is 14.7 Å². The van der Waals surface area contributed by atoms with Gasteiger partial charge in [0.05, 0.1) is 5.92 Å². The molecule has 2 amide bonds. The zero-order valence-corrected chi connectivity index (χ0v) is 17.3. The molecule has 1 atom stereocenters. The van der Waals surface area contributed by atoms with Crippen molar-refractivity contribution in [3.63, 3.8) is 0 Å². The highest BCUT2D eigenvalue weighted by Gasteiger charge is 2.38. The van der Waals surface area contributed by atoms with Crippen LogP contribution in [0.4, 0.5) is 11.4 Å². The Hall–Kier alpha value is -2.82. The molecule has 4 rings (SSSR count). The molecule has 2 aliphatic heterocycles. The van der Waals surface area contributed by atoms with Gasteiger partial charge in [-0.05, 0) is 36.6 Å². The Bertz CT molecular complexity index is 903. The minimum absolute atomic E-state index is 0.0581. The predicted molar refractivity (Wildman–Crippen MR) is 116 cm³/mol. The molecule has 0 aromatic heterocycles. The van der Waals surface area contributed by atoms with Crippen molar-refractivity contribution in [3.05, 3.63) is 59.7 Å². The third kappa shape index (κ3) is 3.86. The normalized spacial score (nSPS) is 19.7. The number of benzene rings is 2. The number of hydrogen-bond donors (Lipinski definition) is 0. The third-order valence-electron chi connectivity index (χ3n) is 6.19. The standard InChI is InChI=1S/C24H29N3O2/c1-3-19-9-5-7-11-22(19)27-17-20(16-23(27)28)24(29)26-14-12-25(13-15-26)21-10-6-4-8-18(21)2/h4-11,20H,3,12-17H2,1-2H3/t20-/m1/s1. The maximum absolute atomic E-state index is 13.1. The molecule has 5 nitrogen and oxygen atoms in total. The molecular formula is C24H29N3O2. The average molecular weight is 392 g/mol. The minimum Gasteiger partial charge on any atom is -0.368 e. The highest BCUT2D eigenvalue weighted by molar-refractivity contribution is 6.00. The van der Waals surface area contributed by atoms with E-state index in [9.17, 15) is 9.59 Å². The first-order valence-corrected chi connectivity index (χ1v) is 10.6. The molecule has 2 aliphatic rings. The van der Waals surface area contributed by atoms with Crippen LogP contribution in [0.3, 0.4) is 0 Å². The molecular weight excluding hydrogens is 362 g/mol. The fourth-order valence-electron chi connectivity index (χ4n) is 4.52. The van der Waals surface area contributed by atoms with Crippen molar-refractivity contribution in [2.45, 2.75) is 26.7 Å². The van der Waals surface area contributed by atoms with E-state index < -0.39 is 0 Å². The highest BCUT2D eigenvalue weighted by Crippen LogP contribution is 2.30. The van der Waals surface area contributed by atoms with Crippen molar-refractivity contribution in [3.8, 4) is 0 Å². The van der Waals surface area contributed by atoms with E-state index in [-0.39, 0.29) is 17.7 Å². The second-order valence-corrected chi connectivity index (χ2v) is 7.99. The lowest BCUT2D eigenvalue weighted by Gasteiger charge is -2.37. The number of hydrogen-bond acceptors (Lipinski definition) is 3. The number of para-hydroxylation sites is 2. The Morgan fingerprint density at radius 1 is 0.966 bits per heavy atom. The summed E-state index contributed by atoms with van der Waals surface area (Å²) in [5.74, 6) is -0.0560. The van der Waals surface area contributed by atoms with E-state index in [1.807, 2.05) is 28.0 Å². The molecule has 2 aromatic carbocycles. The molecule has 2 aromatic rings. The van der Waals surface area contributed by atoms with Gasteiger partial charge >= 0.3 is 0 Å². The van der Waals surface area contributed by atoms with Crippen LogP contribution in [0.25, 0.3) is 0 Å². The van der Waals surface area contributed by atoms with E-state index in [0.29, 0.717) is 26.1 Å². The third-order valence-corrected chi connectivity index (χ3v) is 6.19. The summed E-state index contributed by atoms with van der Waals surface area (Å²) in [7, 11) is 0. The van der Waals surface area contributed by atoms with E-state index >= 15 is 0 Å². The molecule has 2 heterocycles. The topological polar surface area (TPSA) is 43.9 Å². The smallest absolute Gasteiger partial charge is 0.228 e. The molecule has 0 bridgehead atoms. The van der Waals surface area contributed by atoms with E-state index in [4.69, 9.17) is 0 Å². The van der Waals surface area contributed by atoms with Gasteiger partial charge in [0.25, 0.3) is 0 Å². The molecule has 0 N–H and O–H groups in total. The van der Waals surface area contributed by atoms with Gasteiger partial charge in [-0.3, -0.25) is 9.59 Å². The van der Waals surface area contributed by atoms with Crippen LogP contribution < -0.4 is 9.80 Å². The first-order chi connectivity index (χ1) is 14.1. The Kier molecular flexibility index (Phi) is 5.56. The van der Waals surface area contributed by atoms with Crippen LogP contribution >= 0.6 is 0 Å². The molecule has 152 valence electrons. The average Bonchev–Trinajstić information content (AvgIpc) is 3.15. The highest BCUT2D eigenvalue weighted by atomic mass is 16.2. The summed E-state index contributed by atoms with van der Waals surface area (Å²) in [6, 6.07) is 16.4. The minimum atomic E-state index is -0.238. The summed E-state index contributed by atoms with van der Waals surface area (Å²) in [6.45, 7) is 7.80. The lowest BCUT2D eigenvalue weighted by atomic mass is 10.1. The summed E-state index contributed by atoms with van der Waals surface area (Å²) in [5, 5.41) is 0. The fourth-order valence-corrected chi connectivity index (χ4v) is 4.52. The molecule has 0 saturated carbocycles. The first-order valence-electron chi connectivity index (χ1n) is 10.6. The fraction of sp³-hybridized carbons (Fsp3) is 0.417. The van der Waals surface area contributed by atoms with Crippen LogP contribution in [-0.4, -0.2) is 49.4 Å². The number of nitrogens with zero attached hydrogens (tertiary/aromatic N) is 3. The molecule has 0 spiro atoms. The Balaban J connectivity index is 1.40. The lowest BCUT2D eigenvalue weighted by Crippen LogP contribution is -2.50.